The molecule has 0 spiro atoms. The van der Waals surface area contributed by atoms with Crippen molar-refractivity contribution in [3.05, 3.63) is 11.8 Å². The number of epoxide rings is 1. The van der Waals surface area contributed by atoms with Crippen LogP contribution in [-0.2, 0) is 71.4 Å². The van der Waals surface area contributed by atoms with Gasteiger partial charge in [0.15, 0.2) is 18.3 Å². The van der Waals surface area contributed by atoms with E-state index in [-0.39, 0.29) is 12.2 Å². The highest BCUT2D eigenvalue weighted by Gasteiger charge is 2.56. The Hall–Kier alpha value is -3.76. The molecule has 0 amide bonds. The summed E-state index contributed by atoms with van der Waals surface area (Å²) in [6, 6.07) is 0. The van der Waals surface area contributed by atoms with Crippen LogP contribution in [0.1, 0.15) is 35.5 Å². The molecule has 3 aliphatic rings. The average Bonchev–Trinajstić information content (AvgIpc) is 3.62. The van der Waals surface area contributed by atoms with E-state index in [0.29, 0.717) is 0 Å². The van der Waals surface area contributed by atoms with Crippen LogP contribution >= 0.6 is 0 Å². The van der Waals surface area contributed by atoms with Crippen LogP contribution in [0.15, 0.2) is 11.8 Å². The number of carboxylic acid groups (broad SMARTS) is 1. The van der Waals surface area contributed by atoms with Crippen molar-refractivity contribution in [3.63, 3.8) is 0 Å². The van der Waals surface area contributed by atoms with Crippen LogP contribution in [0.4, 0.5) is 0 Å². The molecule has 9 atom stereocenters. The zero-order valence-electron chi connectivity index (χ0n) is 23.9. The average molecular weight is 590 g/mol. The summed E-state index contributed by atoms with van der Waals surface area (Å²) in [5.41, 5.74) is -0.187. The molecule has 0 bridgehead atoms. The van der Waals surface area contributed by atoms with Gasteiger partial charge in [0, 0.05) is 33.6 Å². The number of methoxy groups -OCH3 is 1. The minimum Gasteiger partial charge on any atom is -0.481 e. The molecule has 41 heavy (non-hydrogen) atoms. The van der Waals surface area contributed by atoms with E-state index in [2.05, 4.69) is 0 Å². The number of hydrogen-bond acceptors (Lipinski definition) is 15. The van der Waals surface area contributed by atoms with Crippen molar-refractivity contribution in [2.45, 2.75) is 77.2 Å². The van der Waals surface area contributed by atoms with E-state index in [1.54, 1.807) is 0 Å². The first-order valence-electron chi connectivity index (χ1n) is 12.9. The van der Waals surface area contributed by atoms with Crippen molar-refractivity contribution in [3.8, 4) is 0 Å². The van der Waals surface area contributed by atoms with Gasteiger partial charge in [0.25, 0.3) is 0 Å². The molecule has 3 rings (SSSR count). The predicted molar refractivity (Wildman–Crippen MR) is 127 cm³/mol. The largest absolute Gasteiger partial charge is 0.481 e. The van der Waals surface area contributed by atoms with Crippen LogP contribution in [0.5, 0.6) is 0 Å². The van der Waals surface area contributed by atoms with Crippen LogP contribution in [0.2, 0.25) is 0 Å². The Labute approximate surface area is 235 Å². The SMILES string of the molecule is [2H][C@@]1([C@H]2[C@H](O[C@@H]3O[C@H](COC(C)=O)[C@@H](OC(C)=O)[C@H](OC(C)=O)[C@H]3OC(C)=O)OC=C(C(=O)OC)[C@H]2CC(=O)O)CO1. The molecule has 228 valence electrons. The van der Waals surface area contributed by atoms with Gasteiger partial charge in [-0.05, 0) is 0 Å². The van der Waals surface area contributed by atoms with Crippen LogP contribution < -0.4 is 0 Å². The first kappa shape index (κ1) is 30.2. The molecular weight excluding hydrogens is 556 g/mol. The quantitative estimate of drug-likeness (QED) is 0.185. The van der Waals surface area contributed by atoms with Gasteiger partial charge < -0.3 is 47.7 Å². The van der Waals surface area contributed by atoms with E-state index < -0.39 is 104 Å². The molecule has 0 aliphatic carbocycles. The molecule has 1 N–H and O–H groups in total. The Bertz CT molecular complexity index is 1120. The second kappa shape index (κ2) is 13.7. The van der Waals surface area contributed by atoms with Crippen molar-refractivity contribution >= 4 is 35.8 Å². The summed E-state index contributed by atoms with van der Waals surface area (Å²) in [5, 5.41) is 9.57. The highest BCUT2D eigenvalue weighted by Crippen LogP contribution is 2.42. The monoisotopic (exact) mass is 589 g/mol. The first-order valence-corrected chi connectivity index (χ1v) is 12.4. The van der Waals surface area contributed by atoms with Crippen LogP contribution in [0.3, 0.4) is 0 Å². The molecule has 3 heterocycles. The van der Waals surface area contributed by atoms with E-state index in [4.69, 9.17) is 44.0 Å². The number of aliphatic carboxylic acids is 1. The lowest BCUT2D eigenvalue weighted by Crippen LogP contribution is -2.63. The molecule has 2 saturated heterocycles. The number of carboxylic acids is 1. The summed E-state index contributed by atoms with van der Waals surface area (Å²) in [7, 11) is 1.08. The maximum atomic E-state index is 12.4. The Morgan fingerprint density at radius 2 is 1.51 bits per heavy atom. The predicted octanol–water partition coefficient (Wildman–Crippen LogP) is -0.395. The smallest absolute Gasteiger partial charge is 0.337 e. The molecule has 0 radical (unpaired) electrons. The number of rotatable bonds is 11. The molecule has 0 saturated carbocycles. The maximum Gasteiger partial charge on any atom is 0.337 e. The van der Waals surface area contributed by atoms with Gasteiger partial charge in [0.1, 0.15) is 12.7 Å². The standard InChI is InChI=1S/C25H32O16/c1-10(26)34-9-17-20(37-11(2)27)21(38-12(3)28)22(39-13(4)29)25(40-17)41-24-19(16-8-35-16)14(6-18(30)31)15(7-36-24)23(32)33-5/h7,14,16-17,19-22,24-25H,6,8-9H2,1-5H3,(H,30,31)/t14-,16+,17-,19+,20-,21+,22-,24+,25+/m1/s1/i16D. The number of carbonyl (C=O) groups is 6. The molecule has 0 aromatic heterocycles. The number of ether oxygens (including phenoxy) is 9. The van der Waals surface area contributed by atoms with Gasteiger partial charge in [-0.3, -0.25) is 24.0 Å². The summed E-state index contributed by atoms with van der Waals surface area (Å²) in [6.07, 6.45) is -10.7. The lowest BCUT2D eigenvalue weighted by molar-refractivity contribution is -0.344. The fraction of sp³-hybridized carbons (Fsp3) is 0.680. The van der Waals surface area contributed by atoms with Crippen LogP contribution in [0.25, 0.3) is 0 Å². The fourth-order valence-electron chi connectivity index (χ4n) is 4.60. The van der Waals surface area contributed by atoms with E-state index >= 15 is 0 Å². The third-order valence-electron chi connectivity index (χ3n) is 6.17. The second-order valence-electron chi connectivity index (χ2n) is 9.26. The van der Waals surface area contributed by atoms with E-state index in [1.165, 1.54) is 0 Å². The van der Waals surface area contributed by atoms with Gasteiger partial charge in [-0.2, -0.15) is 0 Å². The van der Waals surface area contributed by atoms with Crippen molar-refractivity contribution < 1.29 is 77.9 Å². The Morgan fingerprint density at radius 1 is 0.927 bits per heavy atom. The molecular formula is C25H32O16. The summed E-state index contributed by atoms with van der Waals surface area (Å²) >= 11 is 0. The van der Waals surface area contributed by atoms with E-state index in [0.717, 1.165) is 41.1 Å². The summed E-state index contributed by atoms with van der Waals surface area (Å²) in [5.74, 6) is -7.97. The molecule has 0 unspecified atom stereocenters. The number of carbonyl (C=O) groups excluding carboxylic acids is 5. The van der Waals surface area contributed by atoms with Crippen molar-refractivity contribution in [1.29, 1.82) is 0 Å². The number of hydrogen-bond donors (Lipinski definition) is 1. The lowest BCUT2D eigenvalue weighted by Gasteiger charge is -2.46. The molecule has 0 aromatic carbocycles. The van der Waals surface area contributed by atoms with Gasteiger partial charge in [0.2, 0.25) is 12.6 Å². The Balaban J connectivity index is 2.05. The second-order valence-corrected chi connectivity index (χ2v) is 9.26. The molecule has 16 nitrogen and oxygen atoms in total. The number of esters is 5. The fourth-order valence-corrected chi connectivity index (χ4v) is 4.60. The third-order valence-corrected chi connectivity index (χ3v) is 6.17. The zero-order valence-corrected chi connectivity index (χ0v) is 22.9. The third kappa shape index (κ3) is 8.37. The normalized spacial score (nSPS) is 34.5. The molecule has 0 aromatic rings. The van der Waals surface area contributed by atoms with E-state index in [1.807, 2.05) is 0 Å². The lowest BCUT2D eigenvalue weighted by atomic mass is 9.79. The van der Waals surface area contributed by atoms with Gasteiger partial charge >= 0.3 is 35.8 Å². The van der Waals surface area contributed by atoms with Crippen molar-refractivity contribution in [2.24, 2.45) is 11.8 Å². The summed E-state index contributed by atoms with van der Waals surface area (Å²) in [6.45, 7) is 3.58. The Kier molecular flexibility index (Phi) is 10.1. The molecule has 3 aliphatic heterocycles. The maximum absolute atomic E-state index is 12.4. The van der Waals surface area contributed by atoms with Gasteiger partial charge in [-0.15, -0.1) is 0 Å². The van der Waals surface area contributed by atoms with Gasteiger partial charge in [-0.25, -0.2) is 4.79 Å². The van der Waals surface area contributed by atoms with Gasteiger partial charge in [0.05, 0.1) is 45.3 Å². The van der Waals surface area contributed by atoms with E-state index in [9.17, 15) is 33.9 Å². The topological polar surface area (TPSA) is 209 Å². The summed E-state index contributed by atoms with van der Waals surface area (Å²) in [4.78, 5) is 71.9. The highest BCUT2D eigenvalue weighted by atomic mass is 16.8. The van der Waals surface area contributed by atoms with Crippen LogP contribution in [-0.4, -0.2) is 104 Å². The van der Waals surface area contributed by atoms with Gasteiger partial charge in [-0.1, -0.05) is 0 Å². The minimum absolute atomic E-state index is 0.163. The highest BCUT2D eigenvalue weighted by molar-refractivity contribution is 5.89. The minimum atomic E-state index is -1.75. The molecule has 16 heteroatoms. The molecule has 2 fully saturated rings. The first-order chi connectivity index (χ1) is 19.7. The van der Waals surface area contributed by atoms with Crippen molar-refractivity contribution in [2.75, 3.05) is 20.3 Å². The van der Waals surface area contributed by atoms with Crippen molar-refractivity contribution in [1.82, 2.24) is 0 Å². The van der Waals surface area contributed by atoms with Crippen LogP contribution in [0, 0.1) is 11.8 Å². The summed E-state index contributed by atoms with van der Waals surface area (Å²) < 4.78 is 57.3. The Morgan fingerprint density at radius 3 is 2.02 bits per heavy atom. The zero-order chi connectivity index (χ0) is 31.4.